The lowest BCUT2D eigenvalue weighted by molar-refractivity contribution is 0.483. The molecule has 2 rings (SSSR count). The van der Waals surface area contributed by atoms with E-state index in [1.165, 1.54) is 18.3 Å². The predicted molar refractivity (Wildman–Crippen MR) is 68.5 cm³/mol. The van der Waals surface area contributed by atoms with E-state index in [0.717, 1.165) is 5.56 Å². The zero-order valence-electron chi connectivity index (χ0n) is 9.66. The number of rotatable bonds is 3. The Labute approximate surface area is 105 Å². The molecular formula is C12H12N2O3S. The third-order valence-electron chi connectivity index (χ3n) is 2.33. The van der Waals surface area contributed by atoms with Crippen LogP contribution in [-0.4, -0.2) is 18.0 Å². The second-order valence-electron chi connectivity index (χ2n) is 3.82. The van der Waals surface area contributed by atoms with Gasteiger partial charge in [-0.15, -0.1) is 0 Å². The number of nitrogens with one attached hydrogen (secondary N) is 1. The highest BCUT2D eigenvalue weighted by molar-refractivity contribution is 7.86. The molecular weight excluding hydrogens is 252 g/mol. The maximum absolute atomic E-state index is 11.2. The molecule has 1 aromatic heterocycles. The Morgan fingerprint density at radius 3 is 2.67 bits per heavy atom. The van der Waals surface area contributed by atoms with Gasteiger partial charge in [-0.1, -0.05) is 12.1 Å². The molecule has 1 aromatic carbocycles. The summed E-state index contributed by atoms with van der Waals surface area (Å²) >= 11 is 0. The summed E-state index contributed by atoms with van der Waals surface area (Å²) in [6.45, 7) is 1.92. The van der Waals surface area contributed by atoms with Crippen molar-refractivity contribution in [2.75, 3.05) is 5.32 Å². The van der Waals surface area contributed by atoms with Gasteiger partial charge in [-0.05, 0) is 36.8 Å². The van der Waals surface area contributed by atoms with Gasteiger partial charge < -0.3 is 5.32 Å². The van der Waals surface area contributed by atoms with Crippen molar-refractivity contribution in [2.45, 2.75) is 11.8 Å². The first-order valence-corrected chi connectivity index (χ1v) is 6.67. The lowest BCUT2D eigenvalue weighted by Gasteiger charge is -2.09. The highest BCUT2D eigenvalue weighted by atomic mass is 32.2. The maximum atomic E-state index is 11.2. The summed E-state index contributed by atoms with van der Waals surface area (Å²) in [4.78, 5) is 3.68. The van der Waals surface area contributed by atoms with Crippen LogP contribution in [0.3, 0.4) is 0 Å². The maximum Gasteiger partial charge on any atom is 0.298 e. The number of hydrogen-bond donors (Lipinski definition) is 2. The number of aryl methyl sites for hydroxylation is 1. The van der Waals surface area contributed by atoms with E-state index in [-0.39, 0.29) is 10.7 Å². The fourth-order valence-electron chi connectivity index (χ4n) is 1.55. The van der Waals surface area contributed by atoms with E-state index in [0.29, 0.717) is 5.69 Å². The topological polar surface area (TPSA) is 79.3 Å². The van der Waals surface area contributed by atoms with Gasteiger partial charge in [0.2, 0.25) is 0 Å². The van der Waals surface area contributed by atoms with Crippen molar-refractivity contribution < 1.29 is 13.0 Å². The van der Waals surface area contributed by atoms with Gasteiger partial charge in [-0.25, -0.2) is 4.98 Å². The van der Waals surface area contributed by atoms with Crippen molar-refractivity contribution in [1.29, 1.82) is 0 Å². The van der Waals surface area contributed by atoms with Crippen LogP contribution in [0.1, 0.15) is 5.56 Å². The Kier molecular flexibility index (Phi) is 3.31. The Bertz CT molecular complexity index is 669. The minimum absolute atomic E-state index is 0.102. The van der Waals surface area contributed by atoms with E-state index in [4.69, 9.17) is 4.55 Å². The Morgan fingerprint density at radius 2 is 2.00 bits per heavy atom. The van der Waals surface area contributed by atoms with Crippen LogP contribution >= 0.6 is 0 Å². The molecule has 94 valence electrons. The molecule has 0 saturated carbocycles. The molecule has 0 amide bonds. The smallest absolute Gasteiger partial charge is 0.298 e. The van der Waals surface area contributed by atoms with E-state index in [1.807, 2.05) is 25.1 Å². The molecule has 18 heavy (non-hydrogen) atoms. The molecule has 0 aliphatic carbocycles. The Morgan fingerprint density at radius 1 is 1.22 bits per heavy atom. The lowest BCUT2D eigenvalue weighted by Crippen LogP contribution is -2.04. The molecule has 0 fully saturated rings. The van der Waals surface area contributed by atoms with Crippen molar-refractivity contribution in [2.24, 2.45) is 0 Å². The van der Waals surface area contributed by atoms with Crippen molar-refractivity contribution in [3.05, 3.63) is 48.2 Å². The SMILES string of the molecule is Cc1cccc(Nc2ncccc2S(=O)(=O)O)c1. The van der Waals surface area contributed by atoms with E-state index in [1.54, 1.807) is 6.07 Å². The molecule has 0 atom stereocenters. The third-order valence-corrected chi connectivity index (χ3v) is 3.21. The minimum Gasteiger partial charge on any atom is -0.339 e. The second kappa shape index (κ2) is 4.75. The normalized spacial score (nSPS) is 11.2. The van der Waals surface area contributed by atoms with Gasteiger partial charge in [-0.3, -0.25) is 4.55 Å². The minimum atomic E-state index is -4.29. The van der Waals surface area contributed by atoms with E-state index >= 15 is 0 Å². The van der Waals surface area contributed by atoms with Crippen molar-refractivity contribution in [3.8, 4) is 0 Å². The van der Waals surface area contributed by atoms with Crippen LogP contribution in [0.2, 0.25) is 0 Å². The van der Waals surface area contributed by atoms with Gasteiger partial charge in [-0.2, -0.15) is 8.42 Å². The molecule has 0 aliphatic heterocycles. The van der Waals surface area contributed by atoms with Gasteiger partial charge in [0.05, 0.1) is 0 Å². The fourth-order valence-corrected chi connectivity index (χ4v) is 2.15. The first-order chi connectivity index (χ1) is 8.47. The van der Waals surface area contributed by atoms with E-state index in [9.17, 15) is 8.42 Å². The molecule has 0 bridgehead atoms. The highest BCUT2D eigenvalue weighted by Gasteiger charge is 2.15. The number of aromatic nitrogens is 1. The summed E-state index contributed by atoms with van der Waals surface area (Å²) in [6, 6.07) is 10.1. The molecule has 2 N–H and O–H groups in total. The van der Waals surface area contributed by atoms with Gasteiger partial charge in [0, 0.05) is 11.9 Å². The van der Waals surface area contributed by atoms with Crippen molar-refractivity contribution >= 4 is 21.6 Å². The molecule has 0 spiro atoms. The number of hydrogen-bond acceptors (Lipinski definition) is 4. The molecule has 0 aliphatic rings. The zero-order valence-corrected chi connectivity index (χ0v) is 10.5. The Hall–Kier alpha value is -1.92. The monoisotopic (exact) mass is 264 g/mol. The van der Waals surface area contributed by atoms with Gasteiger partial charge in [0.25, 0.3) is 10.1 Å². The van der Waals surface area contributed by atoms with E-state index in [2.05, 4.69) is 10.3 Å². The predicted octanol–water partition coefficient (Wildman–Crippen LogP) is 2.38. The van der Waals surface area contributed by atoms with Crippen LogP contribution in [0.5, 0.6) is 0 Å². The average Bonchev–Trinajstić information content (AvgIpc) is 2.28. The largest absolute Gasteiger partial charge is 0.339 e. The lowest BCUT2D eigenvalue weighted by atomic mass is 10.2. The summed E-state index contributed by atoms with van der Waals surface area (Å²) < 4.78 is 31.5. The molecule has 0 saturated heterocycles. The molecule has 6 heteroatoms. The molecule has 5 nitrogen and oxygen atoms in total. The summed E-state index contributed by atoms with van der Waals surface area (Å²) in [5, 5.41) is 2.87. The average molecular weight is 264 g/mol. The fraction of sp³-hybridized carbons (Fsp3) is 0.0833. The first-order valence-electron chi connectivity index (χ1n) is 5.23. The molecule has 0 radical (unpaired) electrons. The zero-order chi connectivity index (χ0) is 13.2. The molecule has 0 unspecified atom stereocenters. The third kappa shape index (κ3) is 2.85. The molecule has 2 aromatic rings. The van der Waals surface area contributed by atoms with Crippen LogP contribution in [0.15, 0.2) is 47.5 Å². The van der Waals surface area contributed by atoms with Crippen LogP contribution in [0, 0.1) is 6.92 Å². The van der Waals surface area contributed by atoms with Crippen LogP contribution < -0.4 is 5.32 Å². The van der Waals surface area contributed by atoms with Crippen LogP contribution in [-0.2, 0) is 10.1 Å². The summed E-state index contributed by atoms with van der Waals surface area (Å²) in [5.41, 5.74) is 1.74. The number of anilines is 2. The summed E-state index contributed by atoms with van der Waals surface area (Å²) in [7, 11) is -4.29. The van der Waals surface area contributed by atoms with E-state index < -0.39 is 10.1 Å². The highest BCUT2D eigenvalue weighted by Crippen LogP contribution is 2.22. The van der Waals surface area contributed by atoms with Crippen molar-refractivity contribution in [1.82, 2.24) is 4.98 Å². The first kappa shape index (κ1) is 12.5. The number of pyridine rings is 1. The quantitative estimate of drug-likeness (QED) is 0.832. The van der Waals surface area contributed by atoms with Gasteiger partial charge >= 0.3 is 0 Å². The van der Waals surface area contributed by atoms with Crippen LogP contribution in [0.4, 0.5) is 11.5 Å². The van der Waals surface area contributed by atoms with Crippen molar-refractivity contribution in [3.63, 3.8) is 0 Å². The summed E-state index contributed by atoms with van der Waals surface area (Å²) in [5.74, 6) is 0.102. The standard InChI is InChI=1S/C12H12N2O3S/c1-9-4-2-5-10(8-9)14-12-11(18(15,16)17)6-3-7-13-12/h2-8H,1H3,(H,13,14)(H,15,16,17). The van der Waals surface area contributed by atoms with Gasteiger partial charge in [0.15, 0.2) is 5.82 Å². The van der Waals surface area contributed by atoms with Gasteiger partial charge in [0.1, 0.15) is 4.90 Å². The molecule has 1 heterocycles. The van der Waals surface area contributed by atoms with Crippen LogP contribution in [0.25, 0.3) is 0 Å². The summed E-state index contributed by atoms with van der Waals surface area (Å²) in [6.07, 6.45) is 1.45. The number of benzene rings is 1. The second-order valence-corrected chi connectivity index (χ2v) is 5.21. The Balaban J connectivity index is 2.41. The number of nitrogens with zero attached hydrogens (tertiary/aromatic N) is 1.